The summed E-state index contributed by atoms with van der Waals surface area (Å²) >= 11 is 1.67. The highest BCUT2D eigenvalue weighted by atomic mass is 127. The van der Waals surface area contributed by atoms with E-state index >= 15 is 0 Å². The third-order valence-electron chi connectivity index (χ3n) is 3.81. The third kappa shape index (κ3) is 4.08. The number of benzene rings is 2. The zero-order valence-corrected chi connectivity index (χ0v) is 16.5. The minimum absolute atomic E-state index is 0. The molecule has 0 saturated heterocycles. The highest BCUT2D eigenvalue weighted by molar-refractivity contribution is 7.98. The van der Waals surface area contributed by atoms with Gasteiger partial charge in [-0.2, -0.15) is 4.57 Å². The molecule has 0 spiro atoms. The van der Waals surface area contributed by atoms with E-state index in [1.807, 2.05) is 71.6 Å². The molecule has 3 rings (SSSR count). The van der Waals surface area contributed by atoms with Crippen LogP contribution in [0.3, 0.4) is 0 Å². The van der Waals surface area contributed by atoms with Crippen LogP contribution in [0, 0.1) is 0 Å². The fourth-order valence-electron chi connectivity index (χ4n) is 2.55. The topological polar surface area (TPSA) is 30.2 Å². The van der Waals surface area contributed by atoms with E-state index in [0.717, 1.165) is 27.1 Å². The van der Waals surface area contributed by atoms with Crippen LogP contribution >= 0.6 is 11.8 Å². The summed E-state index contributed by atoms with van der Waals surface area (Å²) in [5.74, 6) is 0.917. The normalized spacial score (nSPS) is 10.2. The van der Waals surface area contributed by atoms with E-state index in [0.29, 0.717) is 6.54 Å². The van der Waals surface area contributed by atoms with Crippen molar-refractivity contribution in [1.29, 1.82) is 0 Å². The van der Waals surface area contributed by atoms with Gasteiger partial charge in [-0.1, -0.05) is 12.1 Å². The molecule has 0 saturated carbocycles. The minimum Gasteiger partial charge on any atom is -1.00 e. The molecular formula is C19H18INO2S. The van der Waals surface area contributed by atoms with E-state index in [1.165, 1.54) is 0 Å². The second-order valence-corrected chi connectivity index (χ2v) is 6.09. The number of nitrogens with zero attached hydrogens (tertiary/aromatic N) is 1. The SMILES string of the molecule is COc1ccc2c(ccc[n+]2CC(=O)c2ccc(SC)cc2)c1.[I-]. The number of carbonyl (C=O) groups excluding carboxylic acids is 1. The molecule has 0 aliphatic heterocycles. The highest BCUT2D eigenvalue weighted by Gasteiger charge is 2.15. The van der Waals surface area contributed by atoms with E-state index in [4.69, 9.17) is 4.74 Å². The number of hydrogen-bond donors (Lipinski definition) is 0. The predicted molar refractivity (Wildman–Crippen MR) is 93.2 cm³/mol. The van der Waals surface area contributed by atoms with Crippen LogP contribution in [0.1, 0.15) is 10.4 Å². The Balaban J connectivity index is 0.00000208. The second kappa shape index (κ2) is 8.48. The van der Waals surface area contributed by atoms with Crippen LogP contribution in [0.15, 0.2) is 65.7 Å². The van der Waals surface area contributed by atoms with Crippen molar-refractivity contribution in [2.75, 3.05) is 13.4 Å². The van der Waals surface area contributed by atoms with Gasteiger partial charge in [0.05, 0.1) is 12.5 Å². The summed E-state index contributed by atoms with van der Waals surface area (Å²) < 4.78 is 7.23. The monoisotopic (exact) mass is 451 g/mol. The lowest BCUT2D eigenvalue weighted by Crippen LogP contribution is -3.00. The van der Waals surface area contributed by atoms with Gasteiger partial charge >= 0.3 is 0 Å². The molecule has 3 aromatic rings. The number of ether oxygens (including phenoxy) is 1. The number of methoxy groups -OCH3 is 1. The maximum Gasteiger partial charge on any atom is 0.227 e. The third-order valence-corrected chi connectivity index (χ3v) is 4.56. The zero-order valence-electron chi connectivity index (χ0n) is 13.5. The fourth-order valence-corrected chi connectivity index (χ4v) is 2.95. The molecule has 2 aromatic carbocycles. The lowest BCUT2D eigenvalue weighted by atomic mass is 10.1. The average molecular weight is 451 g/mol. The van der Waals surface area contributed by atoms with E-state index in [2.05, 4.69) is 0 Å². The quantitative estimate of drug-likeness (QED) is 0.248. The van der Waals surface area contributed by atoms with Crippen molar-refractivity contribution >= 4 is 28.4 Å². The summed E-state index contributed by atoms with van der Waals surface area (Å²) in [5, 5.41) is 1.05. The Kier molecular flexibility index (Phi) is 6.62. The van der Waals surface area contributed by atoms with Gasteiger partial charge in [0.1, 0.15) is 5.75 Å². The molecule has 124 valence electrons. The van der Waals surface area contributed by atoms with Gasteiger partial charge in [0, 0.05) is 22.6 Å². The zero-order chi connectivity index (χ0) is 16.2. The Morgan fingerprint density at radius 1 is 1.12 bits per heavy atom. The number of Topliss-reactive ketones (excluding diaryl/α,β-unsaturated/α-hetero) is 1. The molecule has 1 heterocycles. The molecule has 0 radical (unpaired) electrons. The summed E-state index contributed by atoms with van der Waals surface area (Å²) in [7, 11) is 1.65. The van der Waals surface area contributed by atoms with Crippen LogP contribution in [-0.2, 0) is 6.54 Å². The second-order valence-electron chi connectivity index (χ2n) is 5.21. The van der Waals surface area contributed by atoms with E-state index in [9.17, 15) is 4.79 Å². The first-order valence-corrected chi connectivity index (χ1v) is 8.57. The first-order chi connectivity index (χ1) is 11.2. The maximum absolute atomic E-state index is 12.5. The summed E-state index contributed by atoms with van der Waals surface area (Å²) in [6.45, 7) is 0.322. The summed E-state index contributed by atoms with van der Waals surface area (Å²) in [6.07, 6.45) is 3.96. The van der Waals surface area contributed by atoms with Crippen LogP contribution in [0.5, 0.6) is 5.75 Å². The van der Waals surface area contributed by atoms with Gasteiger partial charge in [-0.3, -0.25) is 4.79 Å². The molecule has 0 atom stereocenters. The number of ketones is 1. The van der Waals surface area contributed by atoms with Gasteiger partial charge < -0.3 is 28.7 Å². The van der Waals surface area contributed by atoms with Crippen LogP contribution < -0.4 is 33.3 Å². The van der Waals surface area contributed by atoms with Gasteiger partial charge in [-0.25, -0.2) is 0 Å². The number of aromatic nitrogens is 1. The summed E-state index contributed by atoms with van der Waals surface area (Å²) in [4.78, 5) is 13.7. The number of rotatable bonds is 5. The van der Waals surface area contributed by atoms with Crippen molar-refractivity contribution in [1.82, 2.24) is 0 Å². The summed E-state index contributed by atoms with van der Waals surface area (Å²) in [6, 6.07) is 17.6. The number of fused-ring (bicyclic) bond motifs is 1. The van der Waals surface area contributed by atoms with Gasteiger partial charge in [-0.15, -0.1) is 11.8 Å². The van der Waals surface area contributed by atoms with Gasteiger partial charge in [-0.05, 0) is 36.6 Å². The van der Waals surface area contributed by atoms with Crippen molar-refractivity contribution < 1.29 is 38.1 Å². The average Bonchev–Trinajstić information content (AvgIpc) is 2.61. The van der Waals surface area contributed by atoms with Crippen LogP contribution in [-0.4, -0.2) is 19.1 Å². The minimum atomic E-state index is 0. The van der Waals surface area contributed by atoms with E-state index in [-0.39, 0.29) is 29.8 Å². The standard InChI is InChI=1S/C19H18NO2S.HI/c1-22-16-7-10-18-15(12-16)4-3-11-20(18)13-19(21)14-5-8-17(23-2)9-6-14;/h3-12H,13H2,1-2H3;1H/q+1;/p-1. The maximum atomic E-state index is 12.5. The largest absolute Gasteiger partial charge is 1.00 e. The number of pyridine rings is 1. The number of hydrogen-bond acceptors (Lipinski definition) is 3. The molecule has 3 nitrogen and oxygen atoms in total. The van der Waals surface area contributed by atoms with Gasteiger partial charge in [0.15, 0.2) is 6.20 Å². The molecular weight excluding hydrogens is 433 g/mol. The lowest BCUT2D eigenvalue weighted by molar-refractivity contribution is -0.657. The molecule has 0 aliphatic carbocycles. The molecule has 1 aromatic heterocycles. The van der Waals surface area contributed by atoms with Crippen molar-refractivity contribution in [3.63, 3.8) is 0 Å². The van der Waals surface area contributed by atoms with Crippen LogP contribution in [0.2, 0.25) is 0 Å². The first-order valence-electron chi connectivity index (χ1n) is 7.35. The molecule has 0 fully saturated rings. The fraction of sp³-hybridized carbons (Fsp3) is 0.158. The Bertz CT molecular complexity index is 850. The predicted octanol–water partition coefficient (Wildman–Crippen LogP) is 0.745. The van der Waals surface area contributed by atoms with Crippen molar-refractivity contribution in [3.8, 4) is 5.75 Å². The molecule has 24 heavy (non-hydrogen) atoms. The lowest BCUT2D eigenvalue weighted by Gasteiger charge is -2.04. The first kappa shape index (κ1) is 18.7. The number of halogens is 1. The summed E-state index contributed by atoms with van der Waals surface area (Å²) in [5.41, 5.74) is 1.75. The Labute approximate surface area is 163 Å². The molecule has 0 aliphatic rings. The number of carbonyl (C=O) groups is 1. The van der Waals surface area contributed by atoms with E-state index < -0.39 is 0 Å². The Hall–Kier alpha value is -1.60. The van der Waals surface area contributed by atoms with Crippen molar-refractivity contribution in [3.05, 3.63) is 66.4 Å². The molecule has 5 heteroatoms. The van der Waals surface area contributed by atoms with Gasteiger partial charge in [0.25, 0.3) is 0 Å². The Morgan fingerprint density at radius 3 is 2.54 bits per heavy atom. The molecule has 0 N–H and O–H groups in total. The van der Waals surface area contributed by atoms with E-state index in [1.54, 1.807) is 18.9 Å². The molecule has 0 amide bonds. The highest BCUT2D eigenvalue weighted by Crippen LogP contribution is 2.18. The van der Waals surface area contributed by atoms with Crippen LogP contribution in [0.25, 0.3) is 10.9 Å². The molecule has 0 unspecified atom stereocenters. The Morgan fingerprint density at radius 2 is 1.88 bits per heavy atom. The van der Waals surface area contributed by atoms with Crippen LogP contribution in [0.4, 0.5) is 0 Å². The smallest absolute Gasteiger partial charge is 0.227 e. The van der Waals surface area contributed by atoms with Crippen molar-refractivity contribution in [2.24, 2.45) is 0 Å². The number of thioether (sulfide) groups is 1. The van der Waals surface area contributed by atoms with Crippen molar-refractivity contribution in [2.45, 2.75) is 11.4 Å². The molecule has 0 bridgehead atoms. The van der Waals surface area contributed by atoms with Gasteiger partial charge in [0.2, 0.25) is 17.8 Å².